The number of hydrogen-bond acceptors (Lipinski definition) is 8. The van der Waals surface area contributed by atoms with Crippen LogP contribution in [0.5, 0.6) is 0 Å². The van der Waals surface area contributed by atoms with Crippen LogP contribution in [0.4, 0.5) is 11.4 Å². The number of fused-ring (bicyclic) bond motifs is 1. The Bertz CT molecular complexity index is 1030. The van der Waals surface area contributed by atoms with Gasteiger partial charge in [0.1, 0.15) is 11.7 Å². The van der Waals surface area contributed by atoms with Crippen molar-refractivity contribution in [1.82, 2.24) is 20.5 Å². The Morgan fingerprint density at radius 3 is 2.38 bits per heavy atom. The van der Waals surface area contributed by atoms with Gasteiger partial charge in [-0.2, -0.15) is 0 Å². The van der Waals surface area contributed by atoms with Crippen molar-refractivity contribution in [3.05, 3.63) is 35.9 Å². The zero-order chi connectivity index (χ0) is 29.1. The van der Waals surface area contributed by atoms with Crippen LogP contribution in [0, 0.1) is 0 Å². The summed E-state index contributed by atoms with van der Waals surface area (Å²) < 4.78 is 0. The van der Waals surface area contributed by atoms with Gasteiger partial charge in [-0.1, -0.05) is 83.3 Å². The molecule has 0 aromatic heterocycles. The predicted molar refractivity (Wildman–Crippen MR) is 181 cm³/mol. The molecule has 0 spiro atoms. The summed E-state index contributed by atoms with van der Waals surface area (Å²) in [4.78, 5) is 19.2. The van der Waals surface area contributed by atoms with E-state index >= 15 is 0 Å². The monoisotopic (exact) mass is 576 g/mol. The van der Waals surface area contributed by atoms with Crippen LogP contribution < -0.4 is 16.2 Å². The maximum Gasteiger partial charge on any atom is 0.133 e. The molecular formula is C34H56N8. The molecule has 3 heterocycles. The molecule has 0 atom stereocenters. The molecule has 0 unspecified atom stereocenters. The molecule has 0 fully saturated rings. The molecule has 0 saturated heterocycles. The molecule has 1 aromatic carbocycles. The van der Waals surface area contributed by atoms with Crippen LogP contribution in [0.1, 0.15) is 96.0 Å². The van der Waals surface area contributed by atoms with Gasteiger partial charge < -0.3 is 20.5 Å². The number of nitrogens with zero attached hydrogens (tertiary/aromatic N) is 5. The normalized spacial score (nSPS) is 16.9. The smallest absolute Gasteiger partial charge is 0.133 e. The zero-order valence-corrected chi connectivity index (χ0v) is 26.3. The minimum Gasteiger partial charge on any atom is -0.354 e. The Labute approximate surface area is 255 Å². The lowest BCUT2D eigenvalue weighted by Crippen LogP contribution is -2.39. The number of allylic oxidation sites excluding steroid dienone is 1. The van der Waals surface area contributed by atoms with Gasteiger partial charge in [-0.25, -0.2) is 5.43 Å². The standard InChI is InChI=1S/C34H56N8/c1-2-3-4-5-6-7-8-9-10-11-12-13-14-19-32-36-24-28-41(32)26-22-35-23-27-42-29-25-38-34(42)30-17-15-18-31-33(30)37-20-16-21-39-40-31/h14-15,17-20,35,39-40H,2-13,16,21-29H2,1H3/b19-14+,37-20?. The summed E-state index contributed by atoms with van der Waals surface area (Å²) in [5.41, 5.74) is 9.65. The fraction of sp³-hybridized carbons (Fsp3) is 0.676. The molecule has 0 aliphatic carbocycles. The van der Waals surface area contributed by atoms with Gasteiger partial charge in [-0.05, 0) is 37.5 Å². The average Bonchev–Trinajstić information content (AvgIpc) is 3.65. The number of hydrazine groups is 1. The first-order valence-corrected chi connectivity index (χ1v) is 17.0. The van der Waals surface area contributed by atoms with E-state index < -0.39 is 0 Å². The summed E-state index contributed by atoms with van der Waals surface area (Å²) in [5.74, 6) is 2.23. The second-order valence-corrected chi connectivity index (χ2v) is 11.7. The molecule has 3 aliphatic rings. The third-order valence-electron chi connectivity index (χ3n) is 8.38. The average molecular weight is 577 g/mol. The molecule has 3 aliphatic heterocycles. The van der Waals surface area contributed by atoms with Gasteiger partial charge in [-0.15, -0.1) is 0 Å². The second kappa shape index (κ2) is 19.5. The molecule has 0 radical (unpaired) electrons. The third-order valence-corrected chi connectivity index (χ3v) is 8.38. The zero-order valence-electron chi connectivity index (χ0n) is 26.3. The number of para-hydroxylation sites is 1. The Morgan fingerprint density at radius 2 is 1.57 bits per heavy atom. The molecular weight excluding hydrogens is 520 g/mol. The van der Waals surface area contributed by atoms with Crippen molar-refractivity contribution >= 4 is 29.3 Å². The van der Waals surface area contributed by atoms with Crippen LogP contribution in [0.25, 0.3) is 0 Å². The summed E-state index contributed by atoms with van der Waals surface area (Å²) in [6, 6.07) is 6.29. The first kappa shape index (κ1) is 32.2. The van der Waals surface area contributed by atoms with Crippen LogP contribution in [-0.2, 0) is 0 Å². The van der Waals surface area contributed by atoms with Crippen LogP contribution in [0.2, 0.25) is 0 Å². The van der Waals surface area contributed by atoms with Crippen molar-refractivity contribution in [2.24, 2.45) is 15.0 Å². The van der Waals surface area contributed by atoms with Crippen molar-refractivity contribution in [1.29, 1.82) is 0 Å². The number of anilines is 1. The second-order valence-electron chi connectivity index (χ2n) is 11.7. The Kier molecular flexibility index (Phi) is 14.9. The summed E-state index contributed by atoms with van der Waals surface area (Å²) >= 11 is 0. The topological polar surface area (TPSA) is 79.6 Å². The fourth-order valence-electron chi connectivity index (χ4n) is 5.92. The van der Waals surface area contributed by atoms with Gasteiger partial charge in [0.05, 0.1) is 24.5 Å². The van der Waals surface area contributed by atoms with Gasteiger partial charge >= 0.3 is 0 Å². The predicted octanol–water partition coefficient (Wildman–Crippen LogP) is 6.33. The Morgan fingerprint density at radius 1 is 0.857 bits per heavy atom. The summed E-state index contributed by atoms with van der Waals surface area (Å²) in [6.45, 7) is 10.8. The molecule has 3 N–H and O–H groups in total. The van der Waals surface area contributed by atoms with E-state index in [1.54, 1.807) is 0 Å². The van der Waals surface area contributed by atoms with Crippen LogP contribution in [0.3, 0.4) is 0 Å². The van der Waals surface area contributed by atoms with Crippen LogP contribution >= 0.6 is 0 Å². The minimum atomic E-state index is 0.841. The molecule has 8 nitrogen and oxygen atoms in total. The number of hydrogen-bond donors (Lipinski definition) is 3. The van der Waals surface area contributed by atoms with Crippen molar-refractivity contribution in [2.75, 3.05) is 64.3 Å². The Hall–Kier alpha value is -2.71. The van der Waals surface area contributed by atoms with Gasteiger partial charge in [0, 0.05) is 57.6 Å². The maximum absolute atomic E-state index is 4.86. The summed E-state index contributed by atoms with van der Waals surface area (Å²) in [6.07, 6.45) is 24.1. The highest BCUT2D eigenvalue weighted by atomic mass is 15.4. The van der Waals surface area contributed by atoms with Gasteiger partial charge in [0.2, 0.25) is 0 Å². The SMILES string of the molecule is CCCCCCCCCCCCC/C=C/C1=NCCN1CCNCCN1CCN=C1c1cccc2c1N=CCCNN2. The number of rotatable bonds is 20. The van der Waals surface area contributed by atoms with Crippen molar-refractivity contribution in [3.63, 3.8) is 0 Å². The quantitative estimate of drug-likeness (QED) is 0.158. The van der Waals surface area contributed by atoms with E-state index in [4.69, 9.17) is 15.0 Å². The fourth-order valence-corrected chi connectivity index (χ4v) is 5.92. The van der Waals surface area contributed by atoms with E-state index in [0.717, 1.165) is 93.9 Å². The highest BCUT2D eigenvalue weighted by Gasteiger charge is 2.22. The van der Waals surface area contributed by atoms with E-state index in [1.165, 1.54) is 77.0 Å². The van der Waals surface area contributed by atoms with Gasteiger partial charge in [0.15, 0.2) is 0 Å². The Balaban J connectivity index is 1.07. The van der Waals surface area contributed by atoms with E-state index in [2.05, 4.69) is 63.2 Å². The number of amidine groups is 2. The number of benzene rings is 1. The largest absolute Gasteiger partial charge is 0.354 e. The molecule has 0 amide bonds. The lowest BCUT2D eigenvalue weighted by molar-refractivity contribution is 0.415. The first-order valence-electron chi connectivity index (χ1n) is 17.0. The third kappa shape index (κ3) is 10.8. The lowest BCUT2D eigenvalue weighted by Gasteiger charge is -2.24. The van der Waals surface area contributed by atoms with Crippen LogP contribution in [-0.4, -0.2) is 86.6 Å². The molecule has 8 heteroatoms. The van der Waals surface area contributed by atoms with E-state index in [9.17, 15) is 0 Å². The molecule has 1 aromatic rings. The number of nitrogens with one attached hydrogen (secondary N) is 3. The van der Waals surface area contributed by atoms with Crippen molar-refractivity contribution in [2.45, 2.75) is 90.4 Å². The van der Waals surface area contributed by atoms with Crippen molar-refractivity contribution in [3.8, 4) is 0 Å². The van der Waals surface area contributed by atoms with E-state index in [-0.39, 0.29) is 0 Å². The maximum atomic E-state index is 4.86. The van der Waals surface area contributed by atoms with E-state index in [0.29, 0.717) is 0 Å². The minimum absolute atomic E-state index is 0.841. The van der Waals surface area contributed by atoms with Crippen LogP contribution in [0.15, 0.2) is 45.3 Å². The van der Waals surface area contributed by atoms with Gasteiger partial charge in [-0.3, -0.25) is 15.0 Å². The van der Waals surface area contributed by atoms with E-state index in [1.807, 2.05) is 6.21 Å². The number of aliphatic imine (C=N–C) groups is 3. The van der Waals surface area contributed by atoms with Gasteiger partial charge in [0.25, 0.3) is 0 Å². The molecule has 0 bridgehead atoms. The summed E-state index contributed by atoms with van der Waals surface area (Å²) in [5, 5.41) is 3.66. The molecule has 42 heavy (non-hydrogen) atoms. The first-order chi connectivity index (χ1) is 20.9. The molecule has 4 rings (SSSR count). The van der Waals surface area contributed by atoms with Crippen molar-refractivity contribution < 1.29 is 0 Å². The number of unbranched alkanes of at least 4 members (excludes halogenated alkanes) is 11. The summed E-state index contributed by atoms with van der Waals surface area (Å²) in [7, 11) is 0. The highest BCUT2D eigenvalue weighted by Crippen LogP contribution is 2.31. The molecule has 232 valence electrons. The molecule has 0 saturated carbocycles. The lowest BCUT2D eigenvalue weighted by atomic mass is 10.1. The highest BCUT2D eigenvalue weighted by molar-refractivity contribution is 6.06.